The molecule has 34 heavy (non-hydrogen) atoms. The smallest absolute Gasteiger partial charge is 0.337 e. The molecule has 1 heterocycles. The van der Waals surface area contributed by atoms with E-state index < -0.39 is 12.0 Å². The first-order valence-corrected chi connectivity index (χ1v) is 11.5. The number of esters is 1. The lowest BCUT2D eigenvalue weighted by atomic mass is 9.86. The van der Waals surface area contributed by atoms with Crippen LogP contribution in [0.5, 0.6) is 11.5 Å². The Morgan fingerprint density at radius 2 is 1.68 bits per heavy atom. The highest BCUT2D eigenvalue weighted by atomic mass is 35.5. The fraction of sp³-hybridized carbons (Fsp3) is 0.259. The Bertz CT molecular complexity index is 1210. The van der Waals surface area contributed by atoms with Gasteiger partial charge in [-0.2, -0.15) is 0 Å². The number of methoxy groups -OCH3 is 1. The maximum Gasteiger partial charge on any atom is 0.337 e. The van der Waals surface area contributed by atoms with E-state index in [0.717, 1.165) is 16.7 Å². The number of rotatable bonds is 7. The van der Waals surface area contributed by atoms with Crippen molar-refractivity contribution >= 4 is 29.2 Å². The van der Waals surface area contributed by atoms with Crippen LogP contribution in [0, 0.1) is 0 Å². The number of amides is 1. The summed E-state index contributed by atoms with van der Waals surface area (Å²) in [5, 5.41) is 0.539. The van der Waals surface area contributed by atoms with Gasteiger partial charge in [0.1, 0.15) is 0 Å². The van der Waals surface area contributed by atoms with Crippen molar-refractivity contribution in [2.24, 2.45) is 0 Å². The lowest BCUT2D eigenvalue weighted by Gasteiger charge is -2.38. The van der Waals surface area contributed by atoms with E-state index in [0.29, 0.717) is 41.0 Å². The molecule has 0 saturated carbocycles. The standard InChI is InChI=1S/C27H26ClNO5/c1-4-33-23-13-19-14-25(30)29(21-8-6-7-20(28)15-21)26(22(19)16-24(23)34-5-2)17-9-11-18(12-10-17)27(31)32-3/h6-13,15-16,26H,4-5,14H2,1-3H3/t26-/m1/s1. The third-order valence-electron chi connectivity index (χ3n) is 5.70. The fourth-order valence-corrected chi connectivity index (χ4v) is 4.44. The zero-order chi connectivity index (χ0) is 24.2. The molecule has 0 radical (unpaired) electrons. The van der Waals surface area contributed by atoms with Crippen LogP contribution >= 0.6 is 11.6 Å². The minimum Gasteiger partial charge on any atom is -0.490 e. The normalized spacial score (nSPS) is 15.0. The van der Waals surface area contributed by atoms with Crippen LogP contribution < -0.4 is 14.4 Å². The van der Waals surface area contributed by atoms with Crippen LogP contribution in [0.4, 0.5) is 5.69 Å². The van der Waals surface area contributed by atoms with Crippen molar-refractivity contribution in [1.29, 1.82) is 0 Å². The molecule has 1 amide bonds. The topological polar surface area (TPSA) is 65.1 Å². The summed E-state index contributed by atoms with van der Waals surface area (Å²) in [7, 11) is 1.35. The quantitative estimate of drug-likeness (QED) is 0.412. The number of hydrogen-bond donors (Lipinski definition) is 0. The Kier molecular flexibility index (Phi) is 7.08. The summed E-state index contributed by atoms with van der Waals surface area (Å²) < 4.78 is 16.5. The molecule has 4 rings (SSSR count). The van der Waals surface area contributed by atoms with Crippen molar-refractivity contribution in [2.75, 3.05) is 25.2 Å². The number of carbonyl (C=O) groups excluding carboxylic acids is 2. The van der Waals surface area contributed by atoms with Crippen LogP contribution in [0.25, 0.3) is 0 Å². The fourth-order valence-electron chi connectivity index (χ4n) is 4.26. The predicted molar refractivity (Wildman–Crippen MR) is 131 cm³/mol. The van der Waals surface area contributed by atoms with E-state index in [2.05, 4.69) is 0 Å². The summed E-state index contributed by atoms with van der Waals surface area (Å²) in [6, 6.07) is 17.7. The molecule has 1 atom stereocenters. The molecule has 0 aromatic heterocycles. The van der Waals surface area contributed by atoms with E-state index >= 15 is 0 Å². The summed E-state index contributed by atoms with van der Waals surface area (Å²) in [5.74, 6) is 0.758. The number of ether oxygens (including phenoxy) is 3. The molecule has 3 aromatic carbocycles. The number of benzene rings is 3. The van der Waals surface area contributed by atoms with E-state index in [1.807, 2.05) is 50.2 Å². The molecule has 6 nitrogen and oxygen atoms in total. The molecule has 1 aliphatic rings. The molecule has 0 spiro atoms. The van der Waals surface area contributed by atoms with Gasteiger partial charge in [0.2, 0.25) is 5.91 Å². The lowest BCUT2D eigenvalue weighted by Crippen LogP contribution is -2.41. The minimum atomic E-state index is -0.448. The van der Waals surface area contributed by atoms with E-state index in [-0.39, 0.29) is 12.3 Å². The number of hydrogen-bond acceptors (Lipinski definition) is 5. The van der Waals surface area contributed by atoms with Gasteiger partial charge in [0.15, 0.2) is 11.5 Å². The average Bonchev–Trinajstić information content (AvgIpc) is 2.84. The highest BCUT2D eigenvalue weighted by Crippen LogP contribution is 2.43. The summed E-state index contributed by atoms with van der Waals surface area (Å²) in [6.45, 7) is 4.79. The van der Waals surface area contributed by atoms with Crippen LogP contribution in [-0.2, 0) is 16.0 Å². The zero-order valence-electron chi connectivity index (χ0n) is 19.3. The monoisotopic (exact) mass is 479 g/mol. The summed E-state index contributed by atoms with van der Waals surface area (Å²) in [5.41, 5.74) is 3.77. The maximum absolute atomic E-state index is 13.5. The lowest BCUT2D eigenvalue weighted by molar-refractivity contribution is -0.118. The molecule has 176 valence electrons. The molecule has 0 unspecified atom stereocenters. The van der Waals surface area contributed by atoms with Crippen LogP contribution in [0.2, 0.25) is 5.02 Å². The van der Waals surface area contributed by atoms with Gasteiger partial charge in [-0.1, -0.05) is 29.8 Å². The van der Waals surface area contributed by atoms with Crippen molar-refractivity contribution in [2.45, 2.75) is 26.3 Å². The van der Waals surface area contributed by atoms with Crippen LogP contribution in [0.3, 0.4) is 0 Å². The van der Waals surface area contributed by atoms with Gasteiger partial charge in [-0.15, -0.1) is 0 Å². The number of nitrogens with zero attached hydrogens (tertiary/aromatic N) is 1. The van der Waals surface area contributed by atoms with Gasteiger partial charge < -0.3 is 19.1 Å². The zero-order valence-corrected chi connectivity index (χ0v) is 20.1. The van der Waals surface area contributed by atoms with Gasteiger partial charge in [0.25, 0.3) is 0 Å². The molecule has 7 heteroatoms. The largest absolute Gasteiger partial charge is 0.490 e. The second kappa shape index (κ2) is 10.2. The Balaban J connectivity index is 1.90. The Morgan fingerprint density at radius 3 is 2.29 bits per heavy atom. The summed E-state index contributed by atoms with van der Waals surface area (Å²) in [6.07, 6.45) is 0.213. The Labute approximate surface area is 204 Å². The van der Waals surface area contributed by atoms with Crippen LogP contribution in [0.1, 0.15) is 46.9 Å². The van der Waals surface area contributed by atoms with Crippen LogP contribution in [0.15, 0.2) is 60.7 Å². The number of halogens is 1. The summed E-state index contributed by atoms with van der Waals surface area (Å²) in [4.78, 5) is 27.2. The Hall–Kier alpha value is -3.51. The first kappa shape index (κ1) is 23.6. The number of fused-ring (bicyclic) bond motifs is 1. The van der Waals surface area contributed by atoms with Gasteiger partial charge in [-0.05, 0) is 73.0 Å². The highest BCUT2D eigenvalue weighted by molar-refractivity contribution is 6.31. The van der Waals surface area contributed by atoms with E-state index in [1.54, 1.807) is 29.2 Å². The van der Waals surface area contributed by atoms with Crippen LogP contribution in [-0.4, -0.2) is 32.2 Å². The third kappa shape index (κ3) is 4.59. The van der Waals surface area contributed by atoms with Gasteiger partial charge >= 0.3 is 5.97 Å². The van der Waals surface area contributed by atoms with Crippen molar-refractivity contribution in [1.82, 2.24) is 0 Å². The molecule has 0 saturated heterocycles. The van der Waals surface area contributed by atoms with Gasteiger partial charge in [-0.25, -0.2) is 4.79 Å². The predicted octanol–water partition coefficient (Wildman–Crippen LogP) is 5.60. The molecule has 0 aliphatic carbocycles. The molecule has 0 fully saturated rings. The second-order valence-corrected chi connectivity index (χ2v) is 8.24. The van der Waals surface area contributed by atoms with E-state index in [1.165, 1.54) is 7.11 Å². The molecular formula is C27H26ClNO5. The van der Waals surface area contributed by atoms with Gasteiger partial charge in [0.05, 0.1) is 38.3 Å². The first-order chi connectivity index (χ1) is 16.5. The SMILES string of the molecule is CCOc1cc2c(cc1OCC)[C@@H](c1ccc(C(=O)OC)cc1)N(c1cccc(Cl)c1)C(=O)C2. The molecule has 0 bridgehead atoms. The number of carbonyl (C=O) groups is 2. The molecule has 3 aromatic rings. The van der Waals surface area contributed by atoms with E-state index in [9.17, 15) is 9.59 Å². The van der Waals surface area contributed by atoms with Gasteiger partial charge in [-0.3, -0.25) is 4.79 Å². The Morgan fingerprint density at radius 1 is 1.00 bits per heavy atom. The van der Waals surface area contributed by atoms with E-state index in [4.69, 9.17) is 25.8 Å². The van der Waals surface area contributed by atoms with Crippen molar-refractivity contribution in [3.8, 4) is 11.5 Å². The first-order valence-electron chi connectivity index (χ1n) is 11.1. The van der Waals surface area contributed by atoms with Crippen molar-refractivity contribution in [3.05, 3.63) is 87.9 Å². The van der Waals surface area contributed by atoms with Crippen molar-refractivity contribution in [3.63, 3.8) is 0 Å². The second-order valence-electron chi connectivity index (χ2n) is 7.80. The maximum atomic E-state index is 13.5. The summed E-state index contributed by atoms with van der Waals surface area (Å²) >= 11 is 6.27. The minimum absolute atomic E-state index is 0.0663. The van der Waals surface area contributed by atoms with Gasteiger partial charge in [0, 0.05) is 10.7 Å². The average molecular weight is 480 g/mol. The number of anilines is 1. The molecular weight excluding hydrogens is 454 g/mol. The van der Waals surface area contributed by atoms with Crippen molar-refractivity contribution < 1.29 is 23.8 Å². The highest BCUT2D eigenvalue weighted by Gasteiger charge is 2.36. The molecule has 1 aliphatic heterocycles. The molecule has 0 N–H and O–H groups in total. The third-order valence-corrected chi connectivity index (χ3v) is 5.94.